The van der Waals surface area contributed by atoms with E-state index in [9.17, 15) is 4.79 Å². The minimum Gasteiger partial charge on any atom is -0.319 e. The summed E-state index contributed by atoms with van der Waals surface area (Å²) in [6, 6.07) is 5.35. The van der Waals surface area contributed by atoms with Gasteiger partial charge in [-0.05, 0) is 17.7 Å². The largest absolute Gasteiger partial charge is 0.319 e. The molecule has 3 heterocycles. The lowest BCUT2D eigenvalue weighted by molar-refractivity contribution is 0.854. The van der Waals surface area contributed by atoms with Crippen LogP contribution in [0.2, 0.25) is 0 Å². The lowest BCUT2D eigenvalue weighted by atomic mass is 10.3. The molecule has 0 N–H and O–H groups in total. The van der Waals surface area contributed by atoms with Gasteiger partial charge in [-0.2, -0.15) is 4.98 Å². The van der Waals surface area contributed by atoms with Crippen LogP contribution in [0.5, 0.6) is 0 Å². The Labute approximate surface area is 113 Å². The van der Waals surface area contributed by atoms with Crippen molar-refractivity contribution in [1.29, 1.82) is 0 Å². The second kappa shape index (κ2) is 4.85. The number of rotatable bonds is 3. The van der Waals surface area contributed by atoms with E-state index in [1.54, 1.807) is 46.9 Å². The molecular weight excluding hydrogens is 262 g/mol. The molecule has 0 spiro atoms. The van der Waals surface area contributed by atoms with Gasteiger partial charge in [-0.3, -0.25) is 4.79 Å². The van der Waals surface area contributed by atoms with Gasteiger partial charge in [0.1, 0.15) is 0 Å². The van der Waals surface area contributed by atoms with Crippen LogP contribution in [0, 0.1) is 0 Å². The van der Waals surface area contributed by atoms with Crippen molar-refractivity contribution in [3.05, 3.63) is 52.7 Å². The zero-order valence-corrected chi connectivity index (χ0v) is 11.0. The Balaban J connectivity index is 1.78. The fraction of sp³-hybridized carbons (Fsp3) is 0.167. The molecule has 0 saturated carbocycles. The molecule has 0 unspecified atom stereocenters. The van der Waals surface area contributed by atoms with Crippen molar-refractivity contribution in [3.63, 3.8) is 0 Å². The summed E-state index contributed by atoms with van der Waals surface area (Å²) in [5.41, 5.74) is 0.947. The first-order valence-corrected chi connectivity index (χ1v) is 6.67. The van der Waals surface area contributed by atoms with Crippen molar-refractivity contribution < 1.29 is 0 Å². The van der Waals surface area contributed by atoms with E-state index in [0.717, 1.165) is 5.56 Å². The molecule has 3 rings (SSSR count). The number of hydrogen-bond donors (Lipinski definition) is 0. The second-order valence-corrected chi connectivity index (χ2v) is 4.97. The number of fused-ring (bicyclic) bond motifs is 1. The molecule has 3 aromatic heterocycles. The Morgan fingerprint density at radius 2 is 2.26 bits per heavy atom. The van der Waals surface area contributed by atoms with Gasteiger partial charge in [-0.25, -0.2) is 9.50 Å². The van der Waals surface area contributed by atoms with E-state index >= 15 is 0 Å². The van der Waals surface area contributed by atoms with Crippen LogP contribution in [-0.2, 0) is 12.8 Å². The maximum atomic E-state index is 11.5. The van der Waals surface area contributed by atoms with Crippen LogP contribution in [0.25, 0.3) is 5.78 Å². The molecule has 7 heteroatoms. The van der Waals surface area contributed by atoms with Gasteiger partial charge in [0.25, 0.3) is 11.3 Å². The SMILES string of the molecule is Cn1ccc(CSc2nc3ncccn3n2)cc1=O. The number of nitrogens with zero attached hydrogens (tertiary/aromatic N) is 5. The van der Waals surface area contributed by atoms with E-state index in [1.165, 1.54) is 11.8 Å². The van der Waals surface area contributed by atoms with Crippen molar-refractivity contribution in [1.82, 2.24) is 24.1 Å². The van der Waals surface area contributed by atoms with Crippen molar-refractivity contribution in [2.75, 3.05) is 0 Å². The van der Waals surface area contributed by atoms with Gasteiger partial charge >= 0.3 is 0 Å². The van der Waals surface area contributed by atoms with E-state index in [4.69, 9.17) is 0 Å². The summed E-state index contributed by atoms with van der Waals surface area (Å²) >= 11 is 1.48. The standard InChI is InChI=1S/C12H11N5OS/c1-16-6-3-9(7-10(16)18)8-19-12-14-11-13-4-2-5-17(11)15-12/h2-7H,8H2,1H3. The van der Waals surface area contributed by atoms with Crippen molar-refractivity contribution in [3.8, 4) is 0 Å². The quantitative estimate of drug-likeness (QED) is 0.669. The Morgan fingerprint density at radius 1 is 1.37 bits per heavy atom. The molecule has 0 aromatic carbocycles. The van der Waals surface area contributed by atoms with E-state index in [-0.39, 0.29) is 5.56 Å². The van der Waals surface area contributed by atoms with Crippen molar-refractivity contribution >= 4 is 17.5 Å². The van der Waals surface area contributed by atoms with Gasteiger partial charge in [0.15, 0.2) is 0 Å². The molecule has 96 valence electrons. The average molecular weight is 273 g/mol. The summed E-state index contributed by atoms with van der Waals surface area (Å²) in [7, 11) is 1.73. The molecule has 0 bridgehead atoms. The van der Waals surface area contributed by atoms with Crippen LogP contribution >= 0.6 is 11.8 Å². The van der Waals surface area contributed by atoms with E-state index in [0.29, 0.717) is 16.7 Å². The maximum Gasteiger partial charge on any atom is 0.253 e. The summed E-state index contributed by atoms with van der Waals surface area (Å²) in [5.74, 6) is 1.24. The predicted octanol–water partition coefficient (Wildman–Crippen LogP) is 1.12. The minimum absolute atomic E-state index is 0.0114. The number of hydrogen-bond acceptors (Lipinski definition) is 5. The highest BCUT2D eigenvalue weighted by Gasteiger charge is 2.05. The Morgan fingerprint density at radius 3 is 3.05 bits per heavy atom. The summed E-state index contributed by atoms with van der Waals surface area (Å²) in [5, 5.41) is 4.94. The number of pyridine rings is 1. The first-order valence-electron chi connectivity index (χ1n) is 5.68. The summed E-state index contributed by atoms with van der Waals surface area (Å²) in [6.45, 7) is 0. The molecule has 0 radical (unpaired) electrons. The van der Waals surface area contributed by atoms with E-state index < -0.39 is 0 Å². The van der Waals surface area contributed by atoms with Crippen LogP contribution in [-0.4, -0.2) is 24.1 Å². The molecule has 6 nitrogen and oxygen atoms in total. The summed E-state index contributed by atoms with van der Waals surface area (Å²) < 4.78 is 3.17. The molecule has 0 aliphatic carbocycles. The van der Waals surface area contributed by atoms with Gasteiger partial charge < -0.3 is 4.57 Å². The van der Waals surface area contributed by atoms with Crippen LogP contribution in [0.15, 0.2) is 46.7 Å². The zero-order valence-electron chi connectivity index (χ0n) is 10.2. The topological polar surface area (TPSA) is 65.1 Å². The molecule has 0 amide bonds. The fourth-order valence-corrected chi connectivity index (χ4v) is 2.37. The lowest BCUT2D eigenvalue weighted by Gasteiger charge is -2.00. The second-order valence-electron chi connectivity index (χ2n) is 4.03. The van der Waals surface area contributed by atoms with Gasteiger partial charge in [0, 0.05) is 37.5 Å². The Hall–Kier alpha value is -2.15. The molecule has 0 aliphatic rings. The number of aromatic nitrogens is 5. The highest BCUT2D eigenvalue weighted by molar-refractivity contribution is 7.98. The van der Waals surface area contributed by atoms with Gasteiger partial charge in [0.05, 0.1) is 0 Å². The molecular formula is C12H11N5OS. The number of thioether (sulfide) groups is 1. The van der Waals surface area contributed by atoms with Gasteiger partial charge in [0.2, 0.25) is 5.16 Å². The van der Waals surface area contributed by atoms with Crippen LogP contribution < -0.4 is 5.56 Å². The smallest absolute Gasteiger partial charge is 0.253 e. The molecule has 0 atom stereocenters. The van der Waals surface area contributed by atoms with Crippen LogP contribution in [0.4, 0.5) is 0 Å². The molecule has 0 fully saturated rings. The normalized spacial score (nSPS) is 11.0. The molecule has 0 saturated heterocycles. The monoisotopic (exact) mass is 273 g/mol. The maximum absolute atomic E-state index is 11.5. The lowest BCUT2D eigenvalue weighted by Crippen LogP contribution is -2.14. The predicted molar refractivity (Wildman–Crippen MR) is 72.0 cm³/mol. The van der Waals surface area contributed by atoms with Gasteiger partial charge in [-0.15, -0.1) is 5.10 Å². The molecule has 0 aliphatic heterocycles. The van der Waals surface area contributed by atoms with Crippen LogP contribution in [0.3, 0.4) is 0 Å². The third kappa shape index (κ3) is 2.50. The Kier molecular flexibility index (Phi) is 3.04. The highest BCUT2D eigenvalue weighted by Crippen LogP contribution is 2.18. The summed E-state index contributed by atoms with van der Waals surface area (Å²) in [6.07, 6.45) is 5.24. The number of aryl methyl sites for hydroxylation is 1. The van der Waals surface area contributed by atoms with Gasteiger partial charge in [-0.1, -0.05) is 11.8 Å². The van der Waals surface area contributed by atoms with Crippen molar-refractivity contribution in [2.24, 2.45) is 7.05 Å². The fourth-order valence-electron chi connectivity index (χ4n) is 1.60. The average Bonchev–Trinajstić information content (AvgIpc) is 2.83. The van der Waals surface area contributed by atoms with E-state index in [1.807, 2.05) is 6.07 Å². The zero-order chi connectivity index (χ0) is 13.2. The first kappa shape index (κ1) is 11.9. The minimum atomic E-state index is -0.0114. The molecule has 3 aromatic rings. The molecule has 19 heavy (non-hydrogen) atoms. The van der Waals surface area contributed by atoms with Crippen LogP contribution in [0.1, 0.15) is 5.56 Å². The van der Waals surface area contributed by atoms with E-state index in [2.05, 4.69) is 15.1 Å². The Bertz CT molecular complexity index is 746. The first-order chi connectivity index (χ1) is 9.22. The highest BCUT2D eigenvalue weighted by atomic mass is 32.2. The third-order valence-corrected chi connectivity index (χ3v) is 3.54. The third-order valence-electron chi connectivity index (χ3n) is 2.63. The van der Waals surface area contributed by atoms with Crippen molar-refractivity contribution in [2.45, 2.75) is 10.9 Å². The summed E-state index contributed by atoms with van der Waals surface area (Å²) in [4.78, 5) is 19.9.